The number of carbonyl (C=O) groups is 1. The van der Waals surface area contributed by atoms with Crippen LogP contribution in [0.5, 0.6) is 0 Å². The summed E-state index contributed by atoms with van der Waals surface area (Å²) in [5.41, 5.74) is 0.524. The Labute approximate surface area is 146 Å². The molecule has 0 spiro atoms. The van der Waals surface area contributed by atoms with Gasteiger partial charge < -0.3 is 15.7 Å². The quantitative estimate of drug-likeness (QED) is 0.735. The fourth-order valence-electron chi connectivity index (χ4n) is 2.34. The van der Waals surface area contributed by atoms with Crippen molar-refractivity contribution in [1.82, 2.24) is 25.4 Å². The van der Waals surface area contributed by atoms with E-state index in [0.717, 1.165) is 6.54 Å². The molecular weight excluding hydrogens is 341 g/mol. The lowest BCUT2D eigenvalue weighted by molar-refractivity contribution is 0.0927. The molecule has 2 atom stereocenters. The van der Waals surface area contributed by atoms with Crippen LogP contribution < -0.4 is 10.6 Å². The van der Waals surface area contributed by atoms with Gasteiger partial charge in [-0.3, -0.25) is 4.79 Å². The van der Waals surface area contributed by atoms with Crippen LogP contribution in [0.4, 0.5) is 0 Å². The van der Waals surface area contributed by atoms with E-state index in [4.69, 9.17) is 0 Å². The van der Waals surface area contributed by atoms with E-state index >= 15 is 0 Å². The molecule has 0 radical (unpaired) electrons. The molecule has 7 nitrogen and oxygen atoms in total. The lowest BCUT2D eigenvalue weighted by Crippen LogP contribution is -2.34. The van der Waals surface area contributed by atoms with Crippen molar-refractivity contribution < 1.29 is 9.90 Å². The Morgan fingerprint density at radius 2 is 2.22 bits per heavy atom. The van der Waals surface area contributed by atoms with E-state index in [0.29, 0.717) is 24.5 Å². The van der Waals surface area contributed by atoms with Crippen LogP contribution in [0, 0.1) is 5.92 Å². The third-order valence-electron chi connectivity index (χ3n) is 3.58. The number of nitrogens with one attached hydrogen (secondary N) is 2. The lowest BCUT2D eigenvalue weighted by atomic mass is 10.1. The number of aromatic nitrogens is 3. The number of nitrogens with zero attached hydrogens (tertiary/aromatic N) is 3. The zero-order chi connectivity index (χ0) is 14.7. The Morgan fingerprint density at radius 1 is 1.39 bits per heavy atom. The summed E-state index contributed by atoms with van der Waals surface area (Å²) in [6.45, 7) is 1.75. The van der Waals surface area contributed by atoms with Crippen molar-refractivity contribution in [1.29, 1.82) is 0 Å². The predicted octanol–water partition coefficient (Wildman–Crippen LogP) is 0.421. The van der Waals surface area contributed by atoms with Crippen molar-refractivity contribution in [2.24, 2.45) is 5.92 Å². The van der Waals surface area contributed by atoms with Crippen molar-refractivity contribution in [3.63, 3.8) is 0 Å². The first kappa shape index (κ1) is 19.4. The number of hydrogen-bond donors (Lipinski definition) is 3. The molecule has 126 valence electrons. The number of aliphatic hydroxyl groups is 1. The highest BCUT2D eigenvalue weighted by Gasteiger charge is 2.25. The first-order valence-corrected chi connectivity index (χ1v) is 6.87. The molecule has 2 unspecified atom stereocenters. The molecule has 0 bridgehead atoms. The van der Waals surface area contributed by atoms with E-state index in [9.17, 15) is 9.90 Å². The van der Waals surface area contributed by atoms with Gasteiger partial charge in [0, 0.05) is 49.7 Å². The van der Waals surface area contributed by atoms with E-state index in [1.54, 1.807) is 41.5 Å². The van der Waals surface area contributed by atoms with Crippen LogP contribution in [-0.4, -0.2) is 51.5 Å². The van der Waals surface area contributed by atoms with Gasteiger partial charge >= 0.3 is 0 Å². The average molecular weight is 360 g/mol. The Hall–Kier alpha value is -1.67. The molecule has 0 aromatic carbocycles. The number of aliphatic hydroxyl groups excluding tert-OH is 1. The predicted molar refractivity (Wildman–Crippen MR) is 90.6 cm³/mol. The van der Waals surface area contributed by atoms with Gasteiger partial charge in [0.1, 0.15) is 0 Å². The maximum absolute atomic E-state index is 12.2. The minimum absolute atomic E-state index is 0. The zero-order valence-corrected chi connectivity index (χ0v) is 13.9. The zero-order valence-electron chi connectivity index (χ0n) is 12.3. The Bertz CT molecular complexity index is 623. The lowest BCUT2D eigenvalue weighted by Gasteiger charge is -2.14. The fraction of sp³-hybridized carbons (Fsp3) is 0.357. The average Bonchev–Trinajstić information content (AvgIpc) is 3.16. The summed E-state index contributed by atoms with van der Waals surface area (Å²) in [7, 11) is 0. The molecule has 0 aliphatic carbocycles. The summed E-state index contributed by atoms with van der Waals surface area (Å²) >= 11 is 0. The van der Waals surface area contributed by atoms with E-state index in [1.165, 1.54) is 0 Å². The summed E-state index contributed by atoms with van der Waals surface area (Å²) in [6.07, 6.45) is 4.60. The maximum atomic E-state index is 12.2. The van der Waals surface area contributed by atoms with Crippen LogP contribution in [0.15, 0.2) is 36.8 Å². The minimum Gasteiger partial charge on any atom is -0.391 e. The summed E-state index contributed by atoms with van der Waals surface area (Å²) in [5, 5.41) is 19.7. The molecular formula is C14H19Cl2N5O2. The molecule has 23 heavy (non-hydrogen) atoms. The summed E-state index contributed by atoms with van der Waals surface area (Å²) in [4.78, 5) is 16.3. The molecule has 0 saturated carbocycles. The van der Waals surface area contributed by atoms with Gasteiger partial charge in [0.25, 0.3) is 5.91 Å². The van der Waals surface area contributed by atoms with Crippen LogP contribution in [0.2, 0.25) is 0 Å². The molecule has 3 rings (SSSR count). The van der Waals surface area contributed by atoms with Crippen LogP contribution in [-0.2, 0) is 0 Å². The molecule has 3 N–H and O–H groups in total. The summed E-state index contributed by atoms with van der Waals surface area (Å²) in [5.74, 6) is 0.474. The van der Waals surface area contributed by atoms with E-state index < -0.39 is 6.10 Å². The molecule has 1 saturated heterocycles. The number of amides is 1. The molecule has 1 fully saturated rings. The molecule has 9 heteroatoms. The van der Waals surface area contributed by atoms with Crippen LogP contribution in [0.3, 0.4) is 0 Å². The Kier molecular flexibility index (Phi) is 7.44. The molecule has 1 aliphatic heterocycles. The minimum atomic E-state index is -0.401. The van der Waals surface area contributed by atoms with Crippen LogP contribution in [0.1, 0.15) is 10.4 Å². The highest BCUT2D eigenvalue weighted by molar-refractivity contribution is 5.94. The SMILES string of the molecule is Cl.Cl.O=C(NCC1CNCC1O)c1ccnc(-n2cccn2)c1. The number of pyridine rings is 1. The van der Waals surface area contributed by atoms with Gasteiger partial charge in [0.15, 0.2) is 5.82 Å². The first-order valence-electron chi connectivity index (χ1n) is 6.87. The van der Waals surface area contributed by atoms with E-state index in [2.05, 4.69) is 20.7 Å². The summed E-state index contributed by atoms with van der Waals surface area (Å²) < 4.78 is 1.60. The van der Waals surface area contributed by atoms with Crippen LogP contribution >= 0.6 is 24.8 Å². The number of β-amino-alcohol motifs (C(OH)–C–C–N with tert-alkyl or cyclic N) is 1. The Balaban J connectivity index is 0.00000132. The largest absolute Gasteiger partial charge is 0.391 e. The third-order valence-corrected chi connectivity index (χ3v) is 3.58. The van der Waals surface area contributed by atoms with Crippen molar-refractivity contribution in [3.8, 4) is 5.82 Å². The van der Waals surface area contributed by atoms with Gasteiger partial charge in [0.2, 0.25) is 0 Å². The normalized spacial score (nSPS) is 19.5. The van der Waals surface area contributed by atoms with E-state index in [1.807, 2.05) is 0 Å². The monoisotopic (exact) mass is 359 g/mol. The van der Waals surface area contributed by atoms with Crippen molar-refractivity contribution in [2.75, 3.05) is 19.6 Å². The second-order valence-corrected chi connectivity index (χ2v) is 5.05. The van der Waals surface area contributed by atoms with Crippen molar-refractivity contribution in [2.45, 2.75) is 6.10 Å². The van der Waals surface area contributed by atoms with Gasteiger partial charge in [-0.2, -0.15) is 5.10 Å². The summed E-state index contributed by atoms with van der Waals surface area (Å²) in [6, 6.07) is 5.14. The Morgan fingerprint density at radius 3 is 2.87 bits per heavy atom. The molecule has 1 aliphatic rings. The fourth-order valence-corrected chi connectivity index (χ4v) is 2.34. The van der Waals surface area contributed by atoms with Gasteiger partial charge in [-0.25, -0.2) is 9.67 Å². The van der Waals surface area contributed by atoms with Crippen molar-refractivity contribution in [3.05, 3.63) is 42.4 Å². The highest BCUT2D eigenvalue weighted by atomic mass is 35.5. The molecule has 1 amide bonds. The number of halogens is 2. The van der Waals surface area contributed by atoms with Crippen LogP contribution in [0.25, 0.3) is 5.82 Å². The highest BCUT2D eigenvalue weighted by Crippen LogP contribution is 2.09. The molecule has 3 heterocycles. The smallest absolute Gasteiger partial charge is 0.251 e. The maximum Gasteiger partial charge on any atom is 0.251 e. The topological polar surface area (TPSA) is 92.1 Å². The number of carbonyl (C=O) groups excluding carboxylic acids is 1. The van der Waals surface area contributed by atoms with Gasteiger partial charge in [-0.15, -0.1) is 24.8 Å². The first-order chi connectivity index (χ1) is 10.2. The van der Waals surface area contributed by atoms with Gasteiger partial charge in [-0.05, 0) is 18.2 Å². The number of rotatable bonds is 4. The molecule has 2 aromatic heterocycles. The van der Waals surface area contributed by atoms with Gasteiger partial charge in [0.05, 0.1) is 6.10 Å². The van der Waals surface area contributed by atoms with Crippen molar-refractivity contribution >= 4 is 30.7 Å². The second-order valence-electron chi connectivity index (χ2n) is 5.05. The standard InChI is InChI=1S/C14H17N5O2.2ClH/c20-12-9-15-7-11(12)8-17-14(21)10-2-4-16-13(6-10)19-5-1-3-18-19;;/h1-6,11-12,15,20H,7-9H2,(H,17,21);2*1H. The van der Waals surface area contributed by atoms with Gasteiger partial charge in [-0.1, -0.05) is 0 Å². The molecule has 2 aromatic rings. The number of hydrogen-bond acceptors (Lipinski definition) is 5. The second kappa shape index (κ2) is 8.83. The van der Waals surface area contributed by atoms with E-state index in [-0.39, 0.29) is 36.6 Å². The third kappa shape index (κ3) is 4.65.